The van der Waals surface area contributed by atoms with Gasteiger partial charge in [-0.15, -0.1) is 0 Å². The van der Waals surface area contributed by atoms with Gasteiger partial charge in [0, 0.05) is 32.2 Å². The molecule has 1 aromatic rings. The van der Waals surface area contributed by atoms with Crippen molar-refractivity contribution in [2.45, 2.75) is 32.4 Å². The van der Waals surface area contributed by atoms with Crippen LogP contribution in [0.25, 0.3) is 0 Å². The first-order valence-corrected chi connectivity index (χ1v) is 6.43. The van der Waals surface area contributed by atoms with Gasteiger partial charge in [-0.1, -0.05) is 0 Å². The van der Waals surface area contributed by atoms with Gasteiger partial charge in [-0.2, -0.15) is 0 Å². The molecule has 4 heteroatoms. The summed E-state index contributed by atoms with van der Waals surface area (Å²) in [5.74, 6) is 1.84. The van der Waals surface area contributed by atoms with Crippen molar-refractivity contribution in [2.75, 3.05) is 26.2 Å². The zero-order valence-electron chi connectivity index (χ0n) is 10.8. The average Bonchev–Trinajstić information content (AvgIpc) is 2.77. The number of rotatable bonds is 4. The summed E-state index contributed by atoms with van der Waals surface area (Å²) in [5, 5.41) is 3.37. The van der Waals surface area contributed by atoms with E-state index in [9.17, 15) is 0 Å². The molecule has 0 aromatic carbocycles. The van der Waals surface area contributed by atoms with Crippen molar-refractivity contribution < 1.29 is 4.42 Å². The topological polar surface area (TPSA) is 54.4 Å². The molecule has 0 spiro atoms. The Morgan fingerprint density at radius 3 is 2.71 bits per heavy atom. The van der Waals surface area contributed by atoms with E-state index < -0.39 is 0 Å². The third-order valence-corrected chi connectivity index (χ3v) is 3.50. The number of furan rings is 1. The van der Waals surface area contributed by atoms with Gasteiger partial charge in [-0.25, -0.2) is 0 Å². The Morgan fingerprint density at radius 1 is 1.41 bits per heavy atom. The van der Waals surface area contributed by atoms with Crippen LogP contribution in [0.1, 0.15) is 30.9 Å². The Morgan fingerprint density at radius 2 is 2.12 bits per heavy atom. The Balaban J connectivity index is 1.87. The molecule has 2 heterocycles. The van der Waals surface area contributed by atoms with E-state index >= 15 is 0 Å². The quantitative estimate of drug-likeness (QED) is 0.828. The maximum Gasteiger partial charge on any atom is 0.120 e. The smallest absolute Gasteiger partial charge is 0.120 e. The fourth-order valence-electron chi connectivity index (χ4n) is 2.41. The lowest BCUT2D eigenvalue weighted by Crippen LogP contribution is -2.48. The summed E-state index contributed by atoms with van der Waals surface area (Å²) in [6.07, 6.45) is 0.951. The fourth-order valence-corrected chi connectivity index (χ4v) is 2.41. The number of hydrogen-bond donors (Lipinski definition) is 2. The van der Waals surface area contributed by atoms with Crippen molar-refractivity contribution in [3.63, 3.8) is 0 Å². The molecular formula is C13H23N3O. The van der Waals surface area contributed by atoms with Crippen LogP contribution in [0.2, 0.25) is 0 Å². The number of piperazine rings is 1. The van der Waals surface area contributed by atoms with Gasteiger partial charge in [0.05, 0.1) is 6.04 Å². The number of nitrogens with one attached hydrogen (secondary N) is 1. The second kappa shape index (κ2) is 5.67. The minimum absolute atomic E-state index is 0.00795. The van der Waals surface area contributed by atoms with E-state index in [1.807, 2.05) is 19.1 Å². The largest absolute Gasteiger partial charge is 0.465 e. The van der Waals surface area contributed by atoms with Crippen LogP contribution in [0, 0.1) is 6.92 Å². The number of nitrogens with two attached hydrogens (primary N) is 1. The average molecular weight is 237 g/mol. The third kappa shape index (κ3) is 3.31. The molecule has 2 unspecified atom stereocenters. The van der Waals surface area contributed by atoms with Crippen LogP contribution in [-0.2, 0) is 0 Å². The highest BCUT2D eigenvalue weighted by molar-refractivity contribution is 5.09. The van der Waals surface area contributed by atoms with Crippen molar-refractivity contribution in [1.29, 1.82) is 0 Å². The predicted molar refractivity (Wildman–Crippen MR) is 68.9 cm³/mol. The van der Waals surface area contributed by atoms with E-state index in [1.54, 1.807) is 0 Å². The summed E-state index contributed by atoms with van der Waals surface area (Å²) in [7, 11) is 0. The first-order chi connectivity index (χ1) is 8.16. The summed E-state index contributed by atoms with van der Waals surface area (Å²) in [4.78, 5) is 2.49. The van der Waals surface area contributed by atoms with Crippen molar-refractivity contribution in [1.82, 2.24) is 10.2 Å². The molecule has 4 nitrogen and oxygen atoms in total. The number of aryl methyl sites for hydroxylation is 1. The zero-order valence-corrected chi connectivity index (χ0v) is 10.8. The molecule has 0 saturated carbocycles. The van der Waals surface area contributed by atoms with E-state index in [4.69, 9.17) is 10.2 Å². The van der Waals surface area contributed by atoms with E-state index in [-0.39, 0.29) is 6.04 Å². The monoisotopic (exact) mass is 237 g/mol. The van der Waals surface area contributed by atoms with Gasteiger partial charge >= 0.3 is 0 Å². The van der Waals surface area contributed by atoms with Gasteiger partial charge in [0.2, 0.25) is 0 Å². The highest BCUT2D eigenvalue weighted by atomic mass is 16.3. The first-order valence-electron chi connectivity index (χ1n) is 6.43. The van der Waals surface area contributed by atoms with Crippen LogP contribution >= 0.6 is 0 Å². The van der Waals surface area contributed by atoms with Gasteiger partial charge in [-0.05, 0) is 32.4 Å². The molecule has 1 aromatic heterocycles. The van der Waals surface area contributed by atoms with Crippen LogP contribution < -0.4 is 11.1 Å². The van der Waals surface area contributed by atoms with E-state index in [2.05, 4.69) is 17.1 Å². The van der Waals surface area contributed by atoms with Gasteiger partial charge in [0.15, 0.2) is 0 Å². The van der Waals surface area contributed by atoms with Gasteiger partial charge in [0.25, 0.3) is 0 Å². The summed E-state index contributed by atoms with van der Waals surface area (Å²) in [5.41, 5.74) is 6.18. The summed E-state index contributed by atoms with van der Waals surface area (Å²) in [6, 6.07) is 4.49. The lowest BCUT2D eigenvalue weighted by Gasteiger charge is -2.33. The molecule has 0 radical (unpaired) electrons. The van der Waals surface area contributed by atoms with Gasteiger partial charge < -0.3 is 15.5 Å². The molecule has 2 rings (SSSR count). The van der Waals surface area contributed by atoms with Crippen LogP contribution in [0.3, 0.4) is 0 Å². The van der Waals surface area contributed by atoms with Crippen molar-refractivity contribution in [3.05, 3.63) is 23.7 Å². The normalized spacial score (nSPS) is 21.4. The molecular weight excluding hydrogens is 214 g/mol. The minimum Gasteiger partial charge on any atom is -0.465 e. The second-order valence-corrected chi connectivity index (χ2v) is 4.93. The highest BCUT2D eigenvalue weighted by Crippen LogP contribution is 2.20. The van der Waals surface area contributed by atoms with E-state index in [1.165, 1.54) is 0 Å². The van der Waals surface area contributed by atoms with Gasteiger partial charge in [-0.3, -0.25) is 4.90 Å². The van der Waals surface area contributed by atoms with Crippen molar-refractivity contribution in [3.8, 4) is 0 Å². The lowest BCUT2D eigenvalue weighted by atomic mass is 10.1. The van der Waals surface area contributed by atoms with E-state index in [0.29, 0.717) is 6.04 Å². The predicted octanol–water partition coefficient (Wildman–Crippen LogP) is 1.27. The Hall–Kier alpha value is -0.840. The molecule has 1 fully saturated rings. The maximum absolute atomic E-state index is 6.18. The van der Waals surface area contributed by atoms with Crippen LogP contribution in [0.4, 0.5) is 0 Å². The SMILES string of the molecule is Cc1ccc(C(N)CC(C)N2CCNCC2)o1. The summed E-state index contributed by atoms with van der Waals surface area (Å²) < 4.78 is 5.58. The zero-order chi connectivity index (χ0) is 12.3. The number of nitrogens with zero attached hydrogens (tertiary/aromatic N) is 1. The highest BCUT2D eigenvalue weighted by Gasteiger charge is 2.20. The van der Waals surface area contributed by atoms with Crippen molar-refractivity contribution in [2.24, 2.45) is 5.73 Å². The molecule has 3 N–H and O–H groups in total. The number of hydrogen-bond acceptors (Lipinski definition) is 4. The maximum atomic E-state index is 6.18. The Kier molecular flexibility index (Phi) is 4.20. The van der Waals surface area contributed by atoms with E-state index in [0.717, 1.165) is 44.1 Å². The molecule has 0 bridgehead atoms. The van der Waals surface area contributed by atoms with Crippen LogP contribution in [0.5, 0.6) is 0 Å². The first kappa shape index (κ1) is 12.6. The van der Waals surface area contributed by atoms with Gasteiger partial charge in [0.1, 0.15) is 11.5 Å². The Labute approximate surface area is 103 Å². The fraction of sp³-hybridized carbons (Fsp3) is 0.692. The molecule has 1 aliphatic heterocycles. The summed E-state index contributed by atoms with van der Waals surface area (Å²) >= 11 is 0. The van der Waals surface area contributed by atoms with Crippen LogP contribution in [-0.4, -0.2) is 37.1 Å². The molecule has 96 valence electrons. The van der Waals surface area contributed by atoms with Crippen LogP contribution in [0.15, 0.2) is 16.5 Å². The standard InChI is InChI=1S/C13H23N3O/c1-10(16-7-5-15-6-8-16)9-12(14)13-4-3-11(2)17-13/h3-4,10,12,15H,5-9,14H2,1-2H3. The molecule has 1 aliphatic rings. The second-order valence-electron chi connectivity index (χ2n) is 4.93. The minimum atomic E-state index is 0.00795. The molecule has 2 atom stereocenters. The third-order valence-electron chi connectivity index (χ3n) is 3.50. The molecule has 17 heavy (non-hydrogen) atoms. The molecule has 0 aliphatic carbocycles. The molecule has 1 saturated heterocycles. The molecule has 0 amide bonds. The summed E-state index contributed by atoms with van der Waals surface area (Å²) in [6.45, 7) is 8.60. The Bertz CT molecular complexity index is 344. The van der Waals surface area contributed by atoms with Crippen molar-refractivity contribution >= 4 is 0 Å². The lowest BCUT2D eigenvalue weighted by molar-refractivity contribution is 0.167.